The van der Waals surface area contributed by atoms with Crippen LogP contribution in [0, 0.1) is 24.7 Å². The van der Waals surface area contributed by atoms with Crippen molar-refractivity contribution in [2.75, 3.05) is 24.9 Å². The van der Waals surface area contributed by atoms with Gasteiger partial charge in [0.2, 0.25) is 5.91 Å². The number of hydrogen-bond acceptors (Lipinski definition) is 8. The maximum Gasteiger partial charge on any atom is 0.235 e. The Labute approximate surface area is 197 Å². The minimum atomic E-state index is -1.07. The first-order chi connectivity index (χ1) is 16.5. The van der Waals surface area contributed by atoms with Crippen LogP contribution in [0.3, 0.4) is 0 Å². The van der Waals surface area contributed by atoms with Crippen molar-refractivity contribution in [2.24, 2.45) is 17.8 Å². The van der Waals surface area contributed by atoms with E-state index < -0.39 is 11.6 Å². The van der Waals surface area contributed by atoms with Crippen molar-refractivity contribution in [1.29, 1.82) is 0 Å². The minimum Gasteiger partial charge on any atom is -0.497 e. The van der Waals surface area contributed by atoms with E-state index in [0.29, 0.717) is 29.6 Å². The second-order valence-corrected chi connectivity index (χ2v) is 9.77. The molecular weight excluding hydrogens is 439 g/mol. The molecule has 180 valence electrons. The largest absolute Gasteiger partial charge is 0.497 e. The van der Waals surface area contributed by atoms with Gasteiger partial charge in [0, 0.05) is 11.6 Å². The molecule has 3 heterocycles. The van der Waals surface area contributed by atoms with Gasteiger partial charge in [-0.3, -0.25) is 4.79 Å². The van der Waals surface area contributed by atoms with E-state index in [0.717, 1.165) is 24.1 Å². The molecule has 0 bridgehead atoms. The fraction of sp³-hybridized carbons (Fsp3) is 0.542. The number of aryl methyl sites for hydroxylation is 1. The number of nitrogens with zero attached hydrogens (tertiary/aromatic N) is 2. The highest BCUT2D eigenvalue weighted by Gasteiger charge is 2.69. The Kier molecular flexibility index (Phi) is 4.93. The molecule has 2 saturated carbocycles. The third-order valence-electron chi connectivity index (χ3n) is 8.16. The summed E-state index contributed by atoms with van der Waals surface area (Å²) in [6, 6.07) is 5.30. The van der Waals surface area contributed by atoms with Crippen LogP contribution in [0.4, 0.5) is 15.9 Å². The monoisotopic (exact) mass is 468 g/mol. The third kappa shape index (κ3) is 3.08. The molecule has 6 rings (SSSR count). The van der Waals surface area contributed by atoms with E-state index in [2.05, 4.69) is 31.5 Å². The molecule has 0 radical (unpaired) electrons. The van der Waals surface area contributed by atoms with Gasteiger partial charge in [-0.05, 0) is 61.8 Å². The van der Waals surface area contributed by atoms with Crippen molar-refractivity contribution in [2.45, 2.75) is 50.0 Å². The summed E-state index contributed by atoms with van der Waals surface area (Å²) in [5, 5.41) is 6.37. The molecule has 2 aliphatic heterocycles. The topological polar surface area (TPSA) is 109 Å². The summed E-state index contributed by atoms with van der Waals surface area (Å²) in [7, 11) is 3.19. The SMILES string of the molecule is COc1ccc2c(c1)[C@]1(C[C@H]1C1CCC3C(Nc4nc(C)ncc4OC)NNC3C1F)C(=O)N2. The van der Waals surface area contributed by atoms with E-state index in [1.54, 1.807) is 20.4 Å². The second-order valence-electron chi connectivity index (χ2n) is 9.77. The summed E-state index contributed by atoms with van der Waals surface area (Å²) in [5.74, 6) is 2.28. The molecule has 3 fully saturated rings. The van der Waals surface area contributed by atoms with E-state index in [1.165, 1.54) is 0 Å². The quantitative estimate of drug-likeness (QED) is 0.529. The standard InChI is InChI=1S/C24H29FN6O3/c1-11-26-10-18(34-3)22(27-11)29-21-14-6-5-13(19(25)20(14)30-31-21)16-9-24(16)15-8-12(33-2)4-7-17(15)28-23(24)32/h4,7-8,10,13-14,16,19-21,30-31H,5-6,9H2,1-3H3,(H,28,32)(H,26,27,29)/t13?,14?,16-,19?,20?,21?,24-/m0/s1. The molecule has 7 atom stereocenters. The zero-order chi connectivity index (χ0) is 23.6. The Balaban J connectivity index is 1.19. The molecule has 5 unspecified atom stereocenters. The summed E-state index contributed by atoms with van der Waals surface area (Å²) in [5.41, 5.74) is 7.52. The number of rotatable bonds is 5. The maximum atomic E-state index is 16.0. The second kappa shape index (κ2) is 7.78. The van der Waals surface area contributed by atoms with Gasteiger partial charge in [-0.2, -0.15) is 0 Å². The number of halogens is 1. The van der Waals surface area contributed by atoms with Crippen molar-refractivity contribution in [3.63, 3.8) is 0 Å². The summed E-state index contributed by atoms with van der Waals surface area (Å²) in [6.45, 7) is 1.81. The van der Waals surface area contributed by atoms with Crippen molar-refractivity contribution >= 4 is 17.4 Å². The van der Waals surface area contributed by atoms with Crippen LogP contribution >= 0.6 is 0 Å². The lowest BCUT2D eigenvalue weighted by Crippen LogP contribution is -2.48. The van der Waals surface area contributed by atoms with Crippen molar-refractivity contribution in [3.8, 4) is 11.5 Å². The third-order valence-corrected chi connectivity index (χ3v) is 8.16. The van der Waals surface area contributed by atoms with Gasteiger partial charge in [0.15, 0.2) is 11.6 Å². The Morgan fingerprint density at radius 1 is 1.18 bits per heavy atom. The molecule has 10 heteroatoms. The number of amides is 1. The number of hydrogen-bond donors (Lipinski definition) is 4. The number of carbonyl (C=O) groups excluding carboxylic acids is 1. The normalized spacial score (nSPS) is 35.5. The zero-order valence-corrected chi connectivity index (χ0v) is 19.4. The number of nitrogens with one attached hydrogen (secondary N) is 4. The van der Waals surface area contributed by atoms with E-state index in [9.17, 15) is 4.79 Å². The number of carbonyl (C=O) groups is 1. The molecular formula is C24H29FN6O3. The molecule has 9 nitrogen and oxygen atoms in total. The molecule has 1 aromatic carbocycles. The van der Waals surface area contributed by atoms with Gasteiger partial charge < -0.3 is 20.1 Å². The fourth-order valence-corrected chi connectivity index (χ4v) is 6.37. The first kappa shape index (κ1) is 21.5. The van der Waals surface area contributed by atoms with Gasteiger partial charge in [0.1, 0.15) is 17.7 Å². The average molecular weight is 469 g/mol. The van der Waals surface area contributed by atoms with Crippen LogP contribution in [-0.4, -0.2) is 48.5 Å². The zero-order valence-electron chi connectivity index (χ0n) is 19.4. The highest BCUT2D eigenvalue weighted by Crippen LogP contribution is 2.65. The van der Waals surface area contributed by atoms with E-state index in [-0.39, 0.29) is 35.9 Å². The van der Waals surface area contributed by atoms with Gasteiger partial charge >= 0.3 is 0 Å². The van der Waals surface area contributed by atoms with Gasteiger partial charge in [-0.1, -0.05) is 0 Å². The number of alkyl halides is 1. The molecule has 2 aliphatic carbocycles. The summed E-state index contributed by atoms with van der Waals surface area (Å²) in [6.07, 6.45) is 2.60. The molecule has 1 saturated heterocycles. The lowest BCUT2D eigenvalue weighted by Gasteiger charge is -2.37. The number of aromatic nitrogens is 2. The van der Waals surface area contributed by atoms with Gasteiger partial charge in [0.25, 0.3) is 0 Å². The molecule has 1 amide bonds. The van der Waals surface area contributed by atoms with Gasteiger partial charge in [0.05, 0.1) is 38.0 Å². The fourth-order valence-electron chi connectivity index (χ4n) is 6.37. The van der Waals surface area contributed by atoms with Crippen LogP contribution in [0.5, 0.6) is 11.5 Å². The Morgan fingerprint density at radius 3 is 2.79 bits per heavy atom. The van der Waals surface area contributed by atoms with Crippen molar-refractivity contribution in [1.82, 2.24) is 20.8 Å². The van der Waals surface area contributed by atoms with Crippen LogP contribution < -0.4 is 31.0 Å². The highest BCUT2D eigenvalue weighted by atomic mass is 19.1. The summed E-state index contributed by atoms with van der Waals surface area (Å²) in [4.78, 5) is 21.6. The van der Waals surface area contributed by atoms with Crippen LogP contribution in [0.25, 0.3) is 0 Å². The van der Waals surface area contributed by atoms with Crippen LogP contribution in [0.15, 0.2) is 24.4 Å². The van der Waals surface area contributed by atoms with E-state index in [1.807, 2.05) is 25.1 Å². The molecule has 2 aromatic rings. The molecule has 1 spiro atoms. The number of methoxy groups -OCH3 is 2. The molecule has 4 N–H and O–H groups in total. The lowest BCUT2D eigenvalue weighted by atomic mass is 9.73. The number of ether oxygens (including phenoxy) is 2. The minimum absolute atomic E-state index is 0.0154. The number of anilines is 2. The first-order valence-electron chi connectivity index (χ1n) is 11.8. The van der Waals surface area contributed by atoms with Crippen LogP contribution in [0.1, 0.15) is 30.7 Å². The number of hydrazine groups is 1. The summed E-state index contributed by atoms with van der Waals surface area (Å²) >= 11 is 0. The maximum absolute atomic E-state index is 16.0. The van der Waals surface area contributed by atoms with Crippen molar-refractivity contribution in [3.05, 3.63) is 35.8 Å². The summed E-state index contributed by atoms with van der Waals surface area (Å²) < 4.78 is 26.7. The van der Waals surface area contributed by atoms with Crippen molar-refractivity contribution < 1.29 is 18.7 Å². The Hall–Kier alpha value is -2.98. The molecule has 4 aliphatic rings. The highest BCUT2D eigenvalue weighted by molar-refractivity contribution is 6.09. The smallest absolute Gasteiger partial charge is 0.235 e. The van der Waals surface area contributed by atoms with Gasteiger partial charge in [-0.25, -0.2) is 25.2 Å². The Morgan fingerprint density at radius 2 is 2.00 bits per heavy atom. The average Bonchev–Trinajstić information content (AvgIpc) is 3.36. The Bertz CT molecular complexity index is 1150. The van der Waals surface area contributed by atoms with E-state index in [4.69, 9.17) is 9.47 Å². The first-order valence-corrected chi connectivity index (χ1v) is 11.8. The molecule has 1 aromatic heterocycles. The van der Waals surface area contributed by atoms with Crippen LogP contribution in [0.2, 0.25) is 0 Å². The number of benzene rings is 1. The van der Waals surface area contributed by atoms with Crippen LogP contribution in [-0.2, 0) is 10.2 Å². The predicted molar refractivity (Wildman–Crippen MR) is 123 cm³/mol. The lowest BCUT2D eigenvalue weighted by molar-refractivity contribution is -0.118. The van der Waals surface area contributed by atoms with Gasteiger partial charge in [-0.15, -0.1) is 0 Å². The van der Waals surface area contributed by atoms with E-state index >= 15 is 4.39 Å². The predicted octanol–water partition coefficient (Wildman–Crippen LogP) is 2.29. The number of fused-ring (bicyclic) bond motifs is 3. The molecule has 34 heavy (non-hydrogen) atoms.